The predicted molar refractivity (Wildman–Crippen MR) is 68.5 cm³/mol. The van der Waals surface area contributed by atoms with Crippen molar-refractivity contribution in [3.05, 3.63) is 36.0 Å². The van der Waals surface area contributed by atoms with E-state index in [2.05, 4.69) is 5.32 Å². The second kappa shape index (κ2) is 5.53. The summed E-state index contributed by atoms with van der Waals surface area (Å²) in [4.78, 5) is 24.1. The van der Waals surface area contributed by atoms with Crippen molar-refractivity contribution in [3.8, 4) is 5.75 Å². The van der Waals surface area contributed by atoms with Crippen LogP contribution in [0.4, 0.5) is 5.69 Å². The molecule has 0 saturated carbocycles. The molecule has 100 valence electrons. The number of ether oxygens (including phenoxy) is 1. The van der Waals surface area contributed by atoms with Crippen LogP contribution < -0.4 is 10.1 Å². The third-order valence-corrected chi connectivity index (χ3v) is 2.64. The smallest absolute Gasteiger partial charge is 0.277 e. The van der Waals surface area contributed by atoms with E-state index in [9.17, 15) is 9.59 Å². The summed E-state index contributed by atoms with van der Waals surface area (Å²) in [6.45, 7) is 0.0572. The topological polar surface area (TPSA) is 78.9 Å². The summed E-state index contributed by atoms with van der Waals surface area (Å²) >= 11 is 0. The van der Waals surface area contributed by atoms with Gasteiger partial charge in [0.25, 0.3) is 11.8 Å². The maximum Gasteiger partial charge on any atom is 0.277 e. The second-order valence-corrected chi connectivity index (χ2v) is 3.95. The molecule has 2 rings (SSSR count). The third-order valence-electron chi connectivity index (χ3n) is 2.64. The van der Waals surface area contributed by atoms with Gasteiger partial charge in [-0.15, -0.1) is 0 Å². The molecular formula is C13H14N2O4. The van der Waals surface area contributed by atoms with Gasteiger partial charge in [-0.3, -0.25) is 14.5 Å². The molecule has 2 amide bonds. The van der Waals surface area contributed by atoms with E-state index in [4.69, 9.17) is 9.84 Å². The van der Waals surface area contributed by atoms with Gasteiger partial charge < -0.3 is 15.2 Å². The zero-order valence-electron chi connectivity index (χ0n) is 10.4. The fraction of sp³-hybridized carbons (Fsp3) is 0.231. The Morgan fingerprint density at radius 2 is 2.05 bits per heavy atom. The van der Waals surface area contributed by atoms with Crippen LogP contribution in [0.25, 0.3) is 0 Å². The Balaban J connectivity index is 2.18. The molecule has 1 aromatic carbocycles. The lowest BCUT2D eigenvalue weighted by molar-refractivity contribution is -0.135. The molecule has 19 heavy (non-hydrogen) atoms. The Kier molecular flexibility index (Phi) is 3.82. The maximum atomic E-state index is 11.7. The zero-order chi connectivity index (χ0) is 13.8. The minimum absolute atomic E-state index is 0.100. The Morgan fingerprint density at radius 1 is 1.32 bits per heavy atom. The van der Waals surface area contributed by atoms with Crippen molar-refractivity contribution in [1.29, 1.82) is 0 Å². The van der Waals surface area contributed by atoms with Crippen LogP contribution in [-0.2, 0) is 9.59 Å². The summed E-state index contributed by atoms with van der Waals surface area (Å²) in [6, 6.07) is 6.99. The molecule has 0 aromatic heterocycles. The van der Waals surface area contributed by atoms with Gasteiger partial charge in [0.05, 0.1) is 12.3 Å². The van der Waals surface area contributed by atoms with E-state index in [0.717, 1.165) is 4.90 Å². The summed E-state index contributed by atoms with van der Waals surface area (Å²) in [5, 5.41) is 11.6. The van der Waals surface area contributed by atoms with E-state index in [1.54, 1.807) is 24.3 Å². The monoisotopic (exact) mass is 262 g/mol. The molecule has 0 bridgehead atoms. The summed E-state index contributed by atoms with van der Waals surface area (Å²) in [5.41, 5.74) is 0.770. The Hall–Kier alpha value is -2.34. The van der Waals surface area contributed by atoms with Gasteiger partial charge >= 0.3 is 0 Å². The zero-order valence-corrected chi connectivity index (χ0v) is 10.4. The van der Waals surface area contributed by atoms with Crippen LogP contribution in [0.15, 0.2) is 36.0 Å². The van der Waals surface area contributed by atoms with Gasteiger partial charge in [0.15, 0.2) is 0 Å². The van der Waals surface area contributed by atoms with Crippen molar-refractivity contribution in [2.24, 2.45) is 0 Å². The first-order chi connectivity index (χ1) is 9.13. The number of rotatable bonds is 5. The molecule has 0 unspecified atom stereocenters. The standard InChI is InChI=1S/C13H14N2O4/c1-15-12(17)8-10(13(15)18)14-9-4-2-3-5-11(9)19-7-6-16/h2-5,8,14,16H,6-7H2,1H3. The van der Waals surface area contributed by atoms with Crippen molar-refractivity contribution in [3.63, 3.8) is 0 Å². The Morgan fingerprint density at radius 3 is 2.68 bits per heavy atom. The van der Waals surface area contributed by atoms with E-state index in [0.29, 0.717) is 11.4 Å². The van der Waals surface area contributed by atoms with E-state index in [-0.39, 0.29) is 30.7 Å². The number of carbonyl (C=O) groups is 2. The number of anilines is 1. The van der Waals surface area contributed by atoms with Crippen molar-refractivity contribution < 1.29 is 19.4 Å². The van der Waals surface area contributed by atoms with E-state index in [1.165, 1.54) is 13.1 Å². The lowest BCUT2D eigenvalue weighted by atomic mass is 10.2. The van der Waals surface area contributed by atoms with Crippen LogP contribution in [0.2, 0.25) is 0 Å². The molecule has 0 aliphatic carbocycles. The van der Waals surface area contributed by atoms with Crippen LogP contribution in [0.3, 0.4) is 0 Å². The number of aliphatic hydroxyl groups is 1. The van der Waals surface area contributed by atoms with Crippen LogP contribution in [0.5, 0.6) is 5.75 Å². The van der Waals surface area contributed by atoms with Gasteiger partial charge in [-0.05, 0) is 12.1 Å². The van der Waals surface area contributed by atoms with Gasteiger partial charge in [0.1, 0.15) is 18.1 Å². The number of carbonyl (C=O) groups excluding carboxylic acids is 2. The van der Waals surface area contributed by atoms with Gasteiger partial charge in [-0.1, -0.05) is 12.1 Å². The fourth-order valence-corrected chi connectivity index (χ4v) is 1.65. The van der Waals surface area contributed by atoms with E-state index in [1.807, 2.05) is 0 Å². The van der Waals surface area contributed by atoms with Crippen molar-refractivity contribution in [1.82, 2.24) is 4.90 Å². The van der Waals surface area contributed by atoms with Gasteiger partial charge in [0, 0.05) is 13.1 Å². The lowest BCUT2D eigenvalue weighted by Gasteiger charge is -2.13. The largest absolute Gasteiger partial charge is 0.489 e. The minimum Gasteiger partial charge on any atom is -0.489 e. The number of amides is 2. The molecule has 1 aliphatic rings. The summed E-state index contributed by atoms with van der Waals surface area (Å²) in [6.07, 6.45) is 1.24. The van der Waals surface area contributed by atoms with Crippen molar-refractivity contribution in [2.45, 2.75) is 0 Å². The molecule has 0 spiro atoms. The SMILES string of the molecule is CN1C(=O)C=C(Nc2ccccc2OCCO)C1=O. The number of benzene rings is 1. The summed E-state index contributed by atoms with van der Waals surface area (Å²) in [5.74, 6) is -0.240. The quantitative estimate of drug-likeness (QED) is 0.749. The summed E-state index contributed by atoms with van der Waals surface area (Å²) < 4.78 is 5.34. The minimum atomic E-state index is -0.387. The first kappa shape index (κ1) is 13.1. The average Bonchev–Trinajstić information content (AvgIpc) is 2.65. The van der Waals surface area contributed by atoms with Crippen LogP contribution in [0.1, 0.15) is 0 Å². The number of imide groups is 1. The highest BCUT2D eigenvalue weighted by Crippen LogP contribution is 2.26. The molecule has 1 aliphatic heterocycles. The number of nitrogens with one attached hydrogen (secondary N) is 1. The number of likely N-dealkylation sites (N-methyl/N-ethyl adjacent to an activating group) is 1. The normalized spacial score (nSPS) is 14.6. The highest BCUT2D eigenvalue weighted by molar-refractivity contribution is 6.17. The van der Waals surface area contributed by atoms with Crippen LogP contribution in [-0.4, -0.2) is 42.1 Å². The summed E-state index contributed by atoms with van der Waals surface area (Å²) in [7, 11) is 1.42. The van der Waals surface area contributed by atoms with E-state index >= 15 is 0 Å². The fourth-order valence-electron chi connectivity index (χ4n) is 1.65. The number of nitrogens with zero attached hydrogens (tertiary/aromatic N) is 1. The predicted octanol–water partition coefficient (Wildman–Crippen LogP) is 0.352. The molecule has 0 atom stereocenters. The third kappa shape index (κ3) is 2.74. The molecule has 1 aromatic rings. The highest BCUT2D eigenvalue weighted by Gasteiger charge is 2.28. The molecule has 6 nitrogen and oxygen atoms in total. The molecule has 0 radical (unpaired) electrons. The van der Waals surface area contributed by atoms with Gasteiger partial charge in [-0.25, -0.2) is 0 Å². The molecule has 0 saturated heterocycles. The lowest BCUT2D eigenvalue weighted by Crippen LogP contribution is -2.27. The maximum absolute atomic E-state index is 11.7. The van der Waals surface area contributed by atoms with Gasteiger partial charge in [-0.2, -0.15) is 0 Å². The number of hydrogen-bond acceptors (Lipinski definition) is 5. The first-order valence-electron chi connectivity index (χ1n) is 5.77. The Bertz CT molecular complexity index is 539. The number of para-hydroxylation sites is 2. The first-order valence-corrected chi connectivity index (χ1v) is 5.77. The molecular weight excluding hydrogens is 248 g/mol. The molecule has 6 heteroatoms. The van der Waals surface area contributed by atoms with Crippen molar-refractivity contribution >= 4 is 17.5 Å². The Labute approximate surface area is 110 Å². The van der Waals surface area contributed by atoms with E-state index < -0.39 is 0 Å². The number of aliphatic hydroxyl groups excluding tert-OH is 1. The molecule has 2 N–H and O–H groups in total. The van der Waals surface area contributed by atoms with Crippen LogP contribution in [0, 0.1) is 0 Å². The van der Waals surface area contributed by atoms with Crippen molar-refractivity contribution in [2.75, 3.05) is 25.6 Å². The molecule has 1 heterocycles. The molecule has 0 fully saturated rings. The number of hydrogen-bond donors (Lipinski definition) is 2. The average molecular weight is 262 g/mol. The highest BCUT2D eigenvalue weighted by atomic mass is 16.5. The second-order valence-electron chi connectivity index (χ2n) is 3.95. The van der Waals surface area contributed by atoms with Crippen LogP contribution >= 0.6 is 0 Å². The van der Waals surface area contributed by atoms with Gasteiger partial charge in [0.2, 0.25) is 0 Å².